The van der Waals surface area contributed by atoms with Crippen LogP contribution in [0.2, 0.25) is 0 Å². The fourth-order valence-corrected chi connectivity index (χ4v) is 1.76. The van der Waals surface area contributed by atoms with Crippen molar-refractivity contribution in [3.8, 4) is 0 Å². The molecular formula is C12H17N3O2. The molecule has 5 N–H and O–H groups in total. The van der Waals surface area contributed by atoms with Gasteiger partial charge in [-0.1, -0.05) is 0 Å². The van der Waals surface area contributed by atoms with Gasteiger partial charge in [0, 0.05) is 18.4 Å². The van der Waals surface area contributed by atoms with E-state index in [1.54, 1.807) is 25.2 Å². The summed E-state index contributed by atoms with van der Waals surface area (Å²) in [7, 11) is 1.58. The largest absolute Gasteiger partial charge is 0.399 e. The van der Waals surface area contributed by atoms with E-state index in [9.17, 15) is 9.90 Å². The molecule has 0 unspecified atom stereocenters. The Bertz CT molecular complexity index is 441. The average molecular weight is 235 g/mol. The van der Waals surface area contributed by atoms with Crippen LogP contribution in [0.1, 0.15) is 23.2 Å². The Hall–Kier alpha value is -1.75. The van der Waals surface area contributed by atoms with Crippen molar-refractivity contribution in [2.75, 3.05) is 24.7 Å². The SMILES string of the molecule is CNC(=O)c1ccc(N)cc1NC1(CO)CC1. The van der Waals surface area contributed by atoms with E-state index in [1.807, 2.05) is 0 Å². The number of carbonyl (C=O) groups excluding carboxylic acids is 1. The van der Waals surface area contributed by atoms with Gasteiger partial charge in [-0.3, -0.25) is 4.79 Å². The van der Waals surface area contributed by atoms with Crippen LogP contribution in [0, 0.1) is 0 Å². The molecule has 1 aliphatic rings. The maximum Gasteiger partial charge on any atom is 0.253 e. The molecule has 1 aromatic rings. The third-order valence-electron chi connectivity index (χ3n) is 3.07. The van der Waals surface area contributed by atoms with E-state index in [2.05, 4.69) is 10.6 Å². The number of carbonyl (C=O) groups is 1. The lowest BCUT2D eigenvalue weighted by molar-refractivity contribution is 0.0964. The summed E-state index contributed by atoms with van der Waals surface area (Å²) in [5.74, 6) is -0.166. The molecule has 0 aromatic heterocycles. The van der Waals surface area contributed by atoms with E-state index in [0.29, 0.717) is 16.9 Å². The zero-order valence-corrected chi connectivity index (χ0v) is 9.79. The van der Waals surface area contributed by atoms with E-state index < -0.39 is 0 Å². The smallest absolute Gasteiger partial charge is 0.253 e. The van der Waals surface area contributed by atoms with Gasteiger partial charge in [-0.2, -0.15) is 0 Å². The van der Waals surface area contributed by atoms with Gasteiger partial charge in [0.25, 0.3) is 5.91 Å². The second-order valence-corrected chi connectivity index (χ2v) is 4.45. The summed E-state index contributed by atoms with van der Waals surface area (Å²) in [5.41, 5.74) is 7.26. The highest BCUT2D eigenvalue weighted by Crippen LogP contribution is 2.39. The van der Waals surface area contributed by atoms with Gasteiger partial charge < -0.3 is 21.5 Å². The van der Waals surface area contributed by atoms with Crippen molar-refractivity contribution < 1.29 is 9.90 Å². The number of nitrogen functional groups attached to an aromatic ring is 1. The quantitative estimate of drug-likeness (QED) is 0.574. The second kappa shape index (κ2) is 4.25. The lowest BCUT2D eigenvalue weighted by atomic mass is 10.1. The van der Waals surface area contributed by atoms with Gasteiger partial charge in [0.15, 0.2) is 0 Å². The van der Waals surface area contributed by atoms with Crippen molar-refractivity contribution in [1.82, 2.24) is 5.32 Å². The van der Waals surface area contributed by atoms with E-state index in [1.165, 1.54) is 0 Å². The molecule has 0 radical (unpaired) electrons. The summed E-state index contributed by atoms with van der Waals surface area (Å²) in [6.07, 6.45) is 1.82. The molecule has 1 aromatic carbocycles. The molecule has 5 heteroatoms. The minimum Gasteiger partial charge on any atom is -0.399 e. The third-order valence-corrected chi connectivity index (χ3v) is 3.07. The molecule has 1 amide bonds. The monoisotopic (exact) mass is 235 g/mol. The molecular weight excluding hydrogens is 218 g/mol. The number of hydrogen-bond donors (Lipinski definition) is 4. The molecule has 0 spiro atoms. The maximum atomic E-state index is 11.7. The van der Waals surface area contributed by atoms with Crippen LogP contribution >= 0.6 is 0 Å². The number of nitrogens with two attached hydrogens (primary N) is 1. The highest BCUT2D eigenvalue weighted by Gasteiger charge is 2.42. The Kier molecular flexibility index (Phi) is 2.93. The Morgan fingerprint density at radius 3 is 2.76 bits per heavy atom. The number of aliphatic hydroxyl groups excluding tert-OH is 1. The molecule has 5 nitrogen and oxygen atoms in total. The molecule has 17 heavy (non-hydrogen) atoms. The lowest BCUT2D eigenvalue weighted by Crippen LogP contribution is -2.28. The number of benzene rings is 1. The maximum absolute atomic E-state index is 11.7. The van der Waals surface area contributed by atoms with Crippen LogP contribution in [0.4, 0.5) is 11.4 Å². The number of amides is 1. The average Bonchev–Trinajstić information content (AvgIpc) is 3.09. The minimum atomic E-state index is -0.267. The predicted octanol–water partition coefficient (Wildman–Crippen LogP) is 0.565. The standard InChI is InChI=1S/C12H17N3O2/c1-14-11(17)9-3-2-8(13)6-10(9)15-12(7-16)4-5-12/h2-3,6,15-16H,4-5,7,13H2,1H3,(H,14,17). The zero-order chi connectivity index (χ0) is 12.5. The highest BCUT2D eigenvalue weighted by atomic mass is 16.3. The molecule has 2 rings (SSSR count). The summed E-state index contributed by atoms with van der Waals surface area (Å²) >= 11 is 0. The lowest BCUT2D eigenvalue weighted by Gasteiger charge is -2.18. The summed E-state index contributed by atoms with van der Waals surface area (Å²) in [5, 5.41) is 15.1. The van der Waals surface area contributed by atoms with Crippen LogP contribution in [0.5, 0.6) is 0 Å². The molecule has 0 saturated heterocycles. The second-order valence-electron chi connectivity index (χ2n) is 4.45. The first kappa shape index (κ1) is 11.7. The molecule has 1 fully saturated rings. The highest BCUT2D eigenvalue weighted by molar-refractivity contribution is 6.00. The summed E-state index contributed by atoms with van der Waals surface area (Å²) in [6, 6.07) is 5.10. The molecule has 1 aliphatic carbocycles. The number of anilines is 2. The van der Waals surface area contributed by atoms with Gasteiger partial charge in [0.1, 0.15) is 0 Å². The Morgan fingerprint density at radius 2 is 2.24 bits per heavy atom. The van der Waals surface area contributed by atoms with Crippen molar-refractivity contribution in [1.29, 1.82) is 0 Å². The first-order valence-electron chi connectivity index (χ1n) is 5.61. The van der Waals surface area contributed by atoms with Gasteiger partial charge in [-0.15, -0.1) is 0 Å². The van der Waals surface area contributed by atoms with Crippen LogP contribution in [-0.4, -0.2) is 30.2 Å². The van der Waals surface area contributed by atoms with Crippen LogP contribution in [0.15, 0.2) is 18.2 Å². The summed E-state index contributed by atoms with van der Waals surface area (Å²) in [4.78, 5) is 11.7. The van der Waals surface area contributed by atoms with E-state index in [4.69, 9.17) is 5.73 Å². The topological polar surface area (TPSA) is 87.4 Å². The van der Waals surface area contributed by atoms with E-state index in [-0.39, 0.29) is 18.1 Å². The van der Waals surface area contributed by atoms with Crippen molar-refractivity contribution in [2.24, 2.45) is 0 Å². The number of nitrogens with one attached hydrogen (secondary N) is 2. The fraction of sp³-hybridized carbons (Fsp3) is 0.417. The van der Waals surface area contributed by atoms with Crippen molar-refractivity contribution in [2.45, 2.75) is 18.4 Å². The first-order valence-corrected chi connectivity index (χ1v) is 5.61. The molecule has 0 aliphatic heterocycles. The number of rotatable bonds is 4. The number of aliphatic hydroxyl groups is 1. The molecule has 1 saturated carbocycles. The molecule has 0 heterocycles. The molecule has 0 bridgehead atoms. The fourth-order valence-electron chi connectivity index (χ4n) is 1.76. The van der Waals surface area contributed by atoms with Crippen molar-refractivity contribution in [3.63, 3.8) is 0 Å². The molecule has 92 valence electrons. The van der Waals surface area contributed by atoms with Gasteiger partial charge in [-0.05, 0) is 31.0 Å². The van der Waals surface area contributed by atoms with Crippen molar-refractivity contribution in [3.05, 3.63) is 23.8 Å². The first-order chi connectivity index (χ1) is 8.10. The van der Waals surface area contributed by atoms with Gasteiger partial charge in [0.05, 0.1) is 17.7 Å². The normalized spacial score (nSPS) is 16.4. The van der Waals surface area contributed by atoms with Gasteiger partial charge >= 0.3 is 0 Å². The van der Waals surface area contributed by atoms with Gasteiger partial charge in [-0.25, -0.2) is 0 Å². The van der Waals surface area contributed by atoms with Crippen LogP contribution in [0.25, 0.3) is 0 Å². The van der Waals surface area contributed by atoms with Gasteiger partial charge in [0.2, 0.25) is 0 Å². The third kappa shape index (κ3) is 2.34. The number of hydrogen-bond acceptors (Lipinski definition) is 4. The van der Waals surface area contributed by atoms with Crippen molar-refractivity contribution >= 4 is 17.3 Å². The Morgan fingerprint density at radius 1 is 1.53 bits per heavy atom. The summed E-state index contributed by atoms with van der Waals surface area (Å²) in [6.45, 7) is 0.0645. The van der Waals surface area contributed by atoms with Crippen LogP contribution in [-0.2, 0) is 0 Å². The predicted molar refractivity (Wildman–Crippen MR) is 66.9 cm³/mol. The zero-order valence-electron chi connectivity index (χ0n) is 9.79. The van der Waals surface area contributed by atoms with Crippen LogP contribution < -0.4 is 16.4 Å². The van der Waals surface area contributed by atoms with E-state index in [0.717, 1.165) is 12.8 Å². The Balaban J connectivity index is 2.30. The van der Waals surface area contributed by atoms with E-state index >= 15 is 0 Å². The Labute approximate surface area is 100 Å². The summed E-state index contributed by atoms with van der Waals surface area (Å²) < 4.78 is 0. The molecule has 0 atom stereocenters. The minimum absolute atomic E-state index is 0.0645. The van der Waals surface area contributed by atoms with Crippen LogP contribution in [0.3, 0.4) is 0 Å².